The molecule has 116 heavy (non-hydrogen) atoms. The van der Waals surface area contributed by atoms with E-state index in [0.717, 1.165) is 19.6 Å². The second-order valence-corrected chi connectivity index (χ2v) is 31.9. The number of nitrogens with zero attached hydrogens (tertiary/aromatic N) is 7. The number of carbonyl (C=O) groups is 16. The average molecular weight is 1650 g/mol. The minimum atomic E-state index is -1.90. The molecule has 1 heterocycles. The summed E-state index contributed by atoms with van der Waals surface area (Å²) in [5, 5.41) is 19.6. The maximum absolute atomic E-state index is 15.8. The van der Waals surface area contributed by atoms with Crippen LogP contribution in [-0.2, 0) is 110 Å². The molecule has 1 aliphatic heterocycles. The maximum Gasteiger partial charge on any atom is 0.511 e. The SMILES string of the molecule is C/C=C/C[C@@H](C)C(OC(=O)OCOC(=O)CCC(=O)OCCOCCOCCOCCOC(=O)CCC(=O)O)C1C(=O)NC(CC)C(=O)N(C)CC(=O)N(C)[C@@H](CC(C)C)C(=O)NC(C(C)C)C(=O)N(C)C(CC(C)C)C(=O)NC(C)C(=O)NC(C)C(=O)N(C)C(CC(C)C)C(=O)N(C)C(CC(C)C)C(=O)N(C)C(C(C)C)C(=O)N1C. The lowest BCUT2D eigenvalue weighted by atomic mass is 9.91. The first-order chi connectivity index (χ1) is 54.2. The van der Waals surface area contributed by atoms with Gasteiger partial charge >= 0.3 is 30.0 Å². The third-order valence-corrected chi connectivity index (χ3v) is 19.5. The quantitative estimate of drug-likeness (QED) is 0.0196. The van der Waals surface area contributed by atoms with E-state index in [0.29, 0.717) is 0 Å². The Labute approximate surface area is 685 Å². The van der Waals surface area contributed by atoms with Crippen molar-refractivity contribution in [2.75, 3.05) is 116 Å². The van der Waals surface area contributed by atoms with Gasteiger partial charge in [0.1, 0.15) is 79.7 Å². The molecular weight excluding hydrogens is 1510 g/mol. The van der Waals surface area contributed by atoms with Crippen molar-refractivity contribution in [3.63, 3.8) is 0 Å². The number of likely N-dealkylation sites (N-methyl/N-ethyl adjacent to an activating group) is 7. The van der Waals surface area contributed by atoms with Crippen LogP contribution in [0, 0.1) is 41.4 Å². The molecule has 1 saturated heterocycles. The largest absolute Gasteiger partial charge is 0.511 e. The van der Waals surface area contributed by atoms with Gasteiger partial charge < -0.3 is 98.6 Å². The van der Waals surface area contributed by atoms with Crippen LogP contribution in [0.1, 0.15) is 182 Å². The van der Waals surface area contributed by atoms with Gasteiger partial charge in [0.15, 0.2) is 0 Å². The van der Waals surface area contributed by atoms with Gasteiger partial charge in [-0.2, -0.15) is 0 Å². The molecule has 0 saturated carbocycles. The molecule has 0 aromatic rings. The fourth-order valence-corrected chi connectivity index (χ4v) is 12.7. The standard InChI is InChI=1S/C80H137N11O25/c1-25-27-28-53(15)69(116-80(108)115-46-114-65(97)32-31-64(96)113-40-38-111-36-34-109-33-35-110-37-39-112-63(95)30-29-62(93)94)68-73(101)83-56(26-2)75(103)85(18)45-61(92)86(19)57(41-47(3)4)72(100)84-66(51(11)12)78(106)87(20)58(42-48(5)6)71(99)81-54(16)70(98)82-55(17)74(102)88(21)59(43-49(7)8)76(104)89(22)60(44-50(9)10)77(105)90(23)67(52(13)14)79(107)91(68)24/h25,27,47-60,66-69H,26,28-46H2,1-24H3,(H,81,99)(H,82,98)(H,83,101)(H,84,100)(H,93,94)/b27-25+/t53-,54?,55?,56?,57+,58?,59?,60?,66?,67?,68?,69?/m1/s1. The molecule has 36 heteroatoms. The number of carboxylic acid groups (broad SMARTS) is 1. The van der Waals surface area contributed by atoms with Crippen molar-refractivity contribution in [3.8, 4) is 0 Å². The van der Waals surface area contributed by atoms with E-state index in [1.807, 2.05) is 55.4 Å². The summed E-state index contributed by atoms with van der Waals surface area (Å²) in [6.07, 6.45) is -1.12. The number of carbonyl (C=O) groups excluding carboxylic acids is 15. The lowest BCUT2D eigenvalue weighted by molar-refractivity contribution is -0.160. The maximum atomic E-state index is 15.8. The van der Waals surface area contributed by atoms with Crippen molar-refractivity contribution < 1.29 is 120 Å². The molecule has 12 atom stereocenters. The van der Waals surface area contributed by atoms with Gasteiger partial charge in [0.05, 0.1) is 71.9 Å². The van der Waals surface area contributed by atoms with E-state index in [-0.39, 0.29) is 128 Å². The fourth-order valence-electron chi connectivity index (χ4n) is 12.7. The molecule has 0 spiro atoms. The molecule has 0 aromatic heterocycles. The number of allylic oxidation sites excluding steroid dienone is 2. The van der Waals surface area contributed by atoms with Crippen LogP contribution >= 0.6 is 0 Å². The average Bonchev–Trinajstić information content (AvgIpc) is 0.798. The number of hydrogen-bond donors (Lipinski definition) is 5. The summed E-state index contributed by atoms with van der Waals surface area (Å²) in [6, 6.07) is -13.6. The van der Waals surface area contributed by atoms with Gasteiger partial charge in [-0.05, 0) is 101 Å². The Balaban J connectivity index is 4.05. The minimum Gasteiger partial charge on any atom is -0.481 e. The highest BCUT2D eigenvalue weighted by Gasteiger charge is 2.47. The Morgan fingerprint density at radius 3 is 1.31 bits per heavy atom. The van der Waals surface area contributed by atoms with Crippen molar-refractivity contribution >= 4 is 95.0 Å². The van der Waals surface area contributed by atoms with Gasteiger partial charge in [-0.15, -0.1) is 0 Å². The van der Waals surface area contributed by atoms with Crippen LogP contribution < -0.4 is 21.3 Å². The molecule has 0 aliphatic carbocycles. The van der Waals surface area contributed by atoms with E-state index in [1.54, 1.807) is 60.6 Å². The highest BCUT2D eigenvalue weighted by molar-refractivity contribution is 6.00. The van der Waals surface area contributed by atoms with Crippen LogP contribution in [-0.4, -0.2) is 316 Å². The lowest BCUT2D eigenvalue weighted by Crippen LogP contribution is -2.64. The van der Waals surface area contributed by atoms with E-state index < -0.39 is 205 Å². The van der Waals surface area contributed by atoms with E-state index in [2.05, 4.69) is 21.3 Å². The highest BCUT2D eigenvalue weighted by atomic mass is 16.8. The zero-order valence-electron chi connectivity index (χ0n) is 73.1. The lowest BCUT2D eigenvalue weighted by Gasteiger charge is -2.42. The summed E-state index contributed by atoms with van der Waals surface area (Å²) in [6.45, 7) is 27.7. The number of hydrogen-bond acceptors (Lipinski definition) is 24. The topological polar surface area (TPSA) is 438 Å². The molecule has 0 bridgehead atoms. The van der Waals surface area contributed by atoms with E-state index in [9.17, 15) is 57.5 Å². The summed E-state index contributed by atoms with van der Waals surface area (Å²) in [7, 11) is 9.46. The van der Waals surface area contributed by atoms with E-state index in [4.69, 9.17) is 43.0 Å². The predicted molar refractivity (Wildman–Crippen MR) is 425 cm³/mol. The van der Waals surface area contributed by atoms with Crippen molar-refractivity contribution in [3.05, 3.63) is 12.2 Å². The first kappa shape index (κ1) is 105. The molecule has 10 unspecified atom stereocenters. The molecule has 662 valence electrons. The molecule has 1 aliphatic rings. The Morgan fingerprint density at radius 1 is 0.440 bits per heavy atom. The van der Waals surface area contributed by atoms with Crippen LogP contribution in [0.5, 0.6) is 0 Å². The zero-order chi connectivity index (χ0) is 88.7. The van der Waals surface area contributed by atoms with Crippen LogP contribution in [0.3, 0.4) is 0 Å². The zero-order valence-corrected chi connectivity index (χ0v) is 73.1. The van der Waals surface area contributed by atoms with Gasteiger partial charge in [-0.25, -0.2) is 4.79 Å². The van der Waals surface area contributed by atoms with E-state index >= 15 is 19.2 Å². The monoisotopic (exact) mass is 1650 g/mol. The number of nitrogens with one attached hydrogen (secondary N) is 4. The fraction of sp³-hybridized carbons (Fsp3) is 0.775. The van der Waals surface area contributed by atoms with Crippen molar-refractivity contribution in [2.45, 2.75) is 248 Å². The third kappa shape index (κ3) is 36.2. The number of carboxylic acids is 1. The van der Waals surface area contributed by atoms with Crippen LogP contribution in [0.15, 0.2) is 12.2 Å². The van der Waals surface area contributed by atoms with E-state index in [1.165, 1.54) is 77.9 Å². The van der Waals surface area contributed by atoms with Gasteiger partial charge in [-0.1, -0.05) is 109 Å². The minimum absolute atomic E-state index is 0.0169. The summed E-state index contributed by atoms with van der Waals surface area (Å²) in [5.74, 6) is -15.2. The second kappa shape index (κ2) is 53.3. The molecule has 0 radical (unpaired) electrons. The Morgan fingerprint density at radius 2 is 0.853 bits per heavy atom. The predicted octanol–water partition coefficient (Wildman–Crippen LogP) is 3.71. The van der Waals surface area contributed by atoms with Crippen molar-refractivity contribution in [2.24, 2.45) is 41.4 Å². The van der Waals surface area contributed by atoms with Crippen molar-refractivity contribution in [1.29, 1.82) is 0 Å². The normalized spacial score (nSPS) is 22.6. The number of ether oxygens (including phenoxy) is 8. The van der Waals surface area contributed by atoms with Gasteiger partial charge in [0.25, 0.3) is 0 Å². The highest BCUT2D eigenvalue weighted by Crippen LogP contribution is 2.28. The van der Waals surface area contributed by atoms with Gasteiger partial charge in [-0.3, -0.25) is 71.9 Å². The summed E-state index contributed by atoms with van der Waals surface area (Å²) in [4.78, 5) is 233. The first-order valence-electron chi connectivity index (χ1n) is 40.1. The van der Waals surface area contributed by atoms with Crippen molar-refractivity contribution in [1.82, 2.24) is 55.6 Å². The molecule has 5 N–H and O–H groups in total. The van der Waals surface area contributed by atoms with Crippen LogP contribution in [0.25, 0.3) is 0 Å². The summed E-state index contributed by atoms with van der Waals surface area (Å²) in [5.41, 5.74) is 0. The number of amides is 11. The summed E-state index contributed by atoms with van der Waals surface area (Å²) >= 11 is 0. The third-order valence-electron chi connectivity index (χ3n) is 19.5. The Kier molecular flexibility index (Phi) is 48.2. The Bertz CT molecular complexity index is 3260. The van der Waals surface area contributed by atoms with Crippen LogP contribution in [0.4, 0.5) is 4.79 Å². The molecule has 0 aromatic carbocycles. The summed E-state index contributed by atoms with van der Waals surface area (Å²) < 4.78 is 42.4. The van der Waals surface area contributed by atoms with Gasteiger partial charge in [0, 0.05) is 49.3 Å². The number of aliphatic carboxylic acids is 1. The number of rotatable bonds is 36. The molecule has 1 fully saturated rings. The molecule has 1 rings (SSSR count). The first-order valence-corrected chi connectivity index (χ1v) is 40.1. The molecule has 11 amide bonds. The molecular formula is C80H137N11O25. The number of esters is 3. The van der Waals surface area contributed by atoms with Crippen LogP contribution in [0.2, 0.25) is 0 Å². The van der Waals surface area contributed by atoms with Gasteiger partial charge in [0.2, 0.25) is 71.8 Å². The second-order valence-electron chi connectivity index (χ2n) is 31.9. The molecule has 36 nitrogen and oxygen atoms in total. The Hall–Kier alpha value is -9.06. The smallest absolute Gasteiger partial charge is 0.481 e.